The Balaban J connectivity index is 1.58. The molecule has 0 radical (unpaired) electrons. The van der Waals surface area contributed by atoms with E-state index >= 15 is 0 Å². The predicted molar refractivity (Wildman–Crippen MR) is 111 cm³/mol. The van der Waals surface area contributed by atoms with Gasteiger partial charge < -0.3 is 10.2 Å². The second-order valence-electron chi connectivity index (χ2n) is 8.55. The number of nitrogens with zero attached hydrogens (tertiary/aromatic N) is 2. The molecule has 1 aliphatic rings. The molecule has 1 saturated heterocycles. The number of pyridine rings is 1. The molecule has 1 fully saturated rings. The summed E-state index contributed by atoms with van der Waals surface area (Å²) in [6.07, 6.45) is -2.66. The summed E-state index contributed by atoms with van der Waals surface area (Å²) < 4.78 is 38.2. The van der Waals surface area contributed by atoms with Gasteiger partial charge >= 0.3 is 12.2 Å². The fourth-order valence-corrected chi connectivity index (χ4v) is 3.41. The topological polar surface area (TPSA) is 49.7 Å². The molecule has 0 saturated carbocycles. The summed E-state index contributed by atoms with van der Waals surface area (Å²) in [4.78, 5) is 19.1. The molecule has 0 atom stereocenters. The second-order valence-corrected chi connectivity index (χ2v) is 8.55. The van der Waals surface area contributed by atoms with Gasteiger partial charge in [-0.2, -0.15) is 13.2 Å². The quantitative estimate of drug-likeness (QED) is 0.773. The van der Waals surface area contributed by atoms with E-state index in [1.165, 1.54) is 11.6 Å². The Bertz CT molecular complexity index is 858. The van der Waals surface area contributed by atoms with Crippen LogP contribution in [0.1, 0.15) is 38.3 Å². The van der Waals surface area contributed by atoms with Crippen LogP contribution in [0, 0.1) is 0 Å². The standard InChI is InChI=1S/C22H27F3N4O/c1-21(2,3)16-5-8-18(9-6-16)27-20(30)29-12-4-11-28(13-14-29)19-10-7-17(15-26-19)22(23,24)25/h5-10,15H,4,11-14H2,1-3H3,(H,27,30)/p+1. The van der Waals surface area contributed by atoms with E-state index in [1.807, 2.05) is 29.2 Å². The van der Waals surface area contributed by atoms with Gasteiger partial charge in [0.2, 0.25) is 0 Å². The summed E-state index contributed by atoms with van der Waals surface area (Å²) in [5, 5.41) is 2.93. The van der Waals surface area contributed by atoms with Crippen LogP contribution in [0.5, 0.6) is 0 Å². The highest BCUT2D eigenvalue weighted by atomic mass is 19.4. The number of alkyl halides is 3. The van der Waals surface area contributed by atoms with E-state index in [0.29, 0.717) is 32.0 Å². The zero-order valence-corrected chi connectivity index (χ0v) is 17.5. The van der Waals surface area contributed by atoms with Crippen LogP contribution in [0.25, 0.3) is 0 Å². The number of hydrogen-bond acceptors (Lipinski definition) is 2. The zero-order valence-electron chi connectivity index (χ0n) is 17.5. The molecule has 162 valence electrons. The van der Waals surface area contributed by atoms with Gasteiger partial charge in [0.05, 0.1) is 18.7 Å². The number of anilines is 2. The number of urea groups is 1. The number of nitrogens with one attached hydrogen (secondary N) is 2. The van der Waals surface area contributed by atoms with Crippen LogP contribution in [0.4, 0.5) is 29.5 Å². The number of rotatable bonds is 2. The van der Waals surface area contributed by atoms with Crippen LogP contribution in [-0.2, 0) is 11.6 Å². The van der Waals surface area contributed by atoms with Crippen LogP contribution >= 0.6 is 0 Å². The number of carbonyl (C=O) groups excluding carboxylic acids is 1. The second kappa shape index (κ2) is 8.53. The third-order valence-corrected chi connectivity index (χ3v) is 5.25. The molecule has 1 aliphatic heterocycles. The third-order valence-electron chi connectivity index (χ3n) is 5.25. The smallest absolute Gasteiger partial charge is 0.320 e. The molecule has 2 heterocycles. The van der Waals surface area contributed by atoms with Gasteiger partial charge in [-0.3, -0.25) is 4.90 Å². The Labute approximate surface area is 174 Å². The van der Waals surface area contributed by atoms with Gasteiger partial charge in [-0.15, -0.1) is 0 Å². The molecule has 0 unspecified atom stereocenters. The van der Waals surface area contributed by atoms with Crippen molar-refractivity contribution < 1.29 is 22.9 Å². The highest BCUT2D eigenvalue weighted by Crippen LogP contribution is 2.28. The lowest BCUT2D eigenvalue weighted by Crippen LogP contribution is -2.38. The predicted octanol–water partition coefficient (Wildman–Crippen LogP) is 4.56. The minimum Gasteiger partial charge on any atom is -0.320 e. The molecule has 2 N–H and O–H groups in total. The summed E-state index contributed by atoms with van der Waals surface area (Å²) >= 11 is 0. The van der Waals surface area contributed by atoms with E-state index in [0.717, 1.165) is 24.4 Å². The van der Waals surface area contributed by atoms with Crippen molar-refractivity contribution in [3.8, 4) is 0 Å². The van der Waals surface area contributed by atoms with Crippen LogP contribution in [0.3, 0.4) is 0 Å². The van der Waals surface area contributed by atoms with Crippen molar-refractivity contribution in [3.05, 3.63) is 53.7 Å². The van der Waals surface area contributed by atoms with Crippen LogP contribution < -0.4 is 15.2 Å². The number of benzene rings is 1. The number of aromatic nitrogens is 1. The van der Waals surface area contributed by atoms with Crippen molar-refractivity contribution in [2.75, 3.05) is 36.4 Å². The average Bonchev–Trinajstić information content (AvgIpc) is 2.93. The molecule has 1 aromatic heterocycles. The van der Waals surface area contributed by atoms with Gasteiger partial charge in [-0.05, 0) is 29.2 Å². The molecule has 0 spiro atoms. The first kappa shape index (κ1) is 21.9. The maximum absolute atomic E-state index is 12.7. The van der Waals surface area contributed by atoms with Crippen LogP contribution in [-0.4, -0.2) is 37.1 Å². The van der Waals surface area contributed by atoms with E-state index in [1.54, 1.807) is 4.90 Å². The summed E-state index contributed by atoms with van der Waals surface area (Å²) in [6, 6.07) is 10.2. The molecular formula is C22H28F3N4O+. The van der Waals surface area contributed by atoms with Crippen molar-refractivity contribution in [2.45, 2.75) is 38.8 Å². The van der Waals surface area contributed by atoms with Crippen molar-refractivity contribution in [1.82, 2.24) is 4.90 Å². The minimum atomic E-state index is -4.37. The van der Waals surface area contributed by atoms with E-state index < -0.39 is 11.7 Å². The zero-order chi connectivity index (χ0) is 21.9. The first-order valence-electron chi connectivity index (χ1n) is 10.0. The van der Waals surface area contributed by atoms with Gasteiger partial charge in [0.1, 0.15) is 12.7 Å². The molecule has 0 aliphatic carbocycles. The van der Waals surface area contributed by atoms with Crippen molar-refractivity contribution in [3.63, 3.8) is 0 Å². The van der Waals surface area contributed by atoms with Crippen LogP contribution in [0.2, 0.25) is 0 Å². The van der Waals surface area contributed by atoms with Gasteiger partial charge in [-0.25, -0.2) is 9.78 Å². The number of halogens is 3. The van der Waals surface area contributed by atoms with Crippen molar-refractivity contribution in [2.24, 2.45) is 0 Å². The Kier molecular flexibility index (Phi) is 6.24. The Morgan fingerprint density at radius 2 is 1.60 bits per heavy atom. The number of carbonyl (C=O) groups is 1. The average molecular weight is 421 g/mol. The fraction of sp³-hybridized carbons (Fsp3) is 0.455. The molecule has 2 amide bonds. The van der Waals surface area contributed by atoms with Gasteiger partial charge in [0, 0.05) is 24.7 Å². The largest absolute Gasteiger partial charge is 0.419 e. The normalized spacial score (nSPS) is 15.7. The summed E-state index contributed by atoms with van der Waals surface area (Å²) in [7, 11) is 0. The lowest BCUT2D eigenvalue weighted by Gasteiger charge is -2.22. The third kappa shape index (κ3) is 5.43. The summed E-state index contributed by atoms with van der Waals surface area (Å²) in [6.45, 7) is 8.68. The van der Waals surface area contributed by atoms with E-state index in [4.69, 9.17) is 0 Å². The highest BCUT2D eigenvalue weighted by Gasteiger charge is 2.32. The molecule has 3 rings (SSSR count). The highest BCUT2D eigenvalue weighted by molar-refractivity contribution is 5.89. The van der Waals surface area contributed by atoms with Crippen molar-refractivity contribution in [1.29, 1.82) is 0 Å². The Hall–Kier alpha value is -2.77. The van der Waals surface area contributed by atoms with E-state index in [2.05, 4.69) is 31.1 Å². The van der Waals surface area contributed by atoms with Gasteiger partial charge in [-0.1, -0.05) is 32.9 Å². The van der Waals surface area contributed by atoms with E-state index in [-0.39, 0.29) is 11.4 Å². The van der Waals surface area contributed by atoms with Gasteiger partial charge in [0.25, 0.3) is 5.82 Å². The minimum absolute atomic E-state index is 0.0477. The molecule has 8 heteroatoms. The fourth-order valence-electron chi connectivity index (χ4n) is 3.41. The number of amides is 2. The molecule has 5 nitrogen and oxygen atoms in total. The molecule has 0 bridgehead atoms. The Morgan fingerprint density at radius 3 is 2.17 bits per heavy atom. The molecule has 2 aromatic rings. The summed E-state index contributed by atoms with van der Waals surface area (Å²) in [5.41, 5.74) is 1.27. The summed E-state index contributed by atoms with van der Waals surface area (Å²) in [5.74, 6) is 0.614. The Morgan fingerprint density at radius 1 is 0.933 bits per heavy atom. The first-order chi connectivity index (χ1) is 14.0. The molecule has 1 aromatic carbocycles. The lowest BCUT2D eigenvalue weighted by molar-refractivity contribution is -0.367. The molecule has 30 heavy (non-hydrogen) atoms. The van der Waals surface area contributed by atoms with E-state index in [9.17, 15) is 18.0 Å². The number of H-pyrrole nitrogens is 1. The molecular weight excluding hydrogens is 393 g/mol. The SMILES string of the molecule is CC(C)(C)c1ccc(NC(=O)N2CCCN(c3ccc(C(F)(F)F)c[nH+]3)CC2)cc1. The monoisotopic (exact) mass is 421 g/mol. The maximum Gasteiger partial charge on any atom is 0.419 e. The van der Waals surface area contributed by atoms with Gasteiger partial charge in [0.15, 0.2) is 0 Å². The number of aromatic amines is 1. The van der Waals surface area contributed by atoms with Crippen LogP contribution in [0.15, 0.2) is 42.6 Å². The number of hydrogen-bond donors (Lipinski definition) is 1. The first-order valence-corrected chi connectivity index (χ1v) is 10.0. The van der Waals surface area contributed by atoms with Crippen molar-refractivity contribution >= 4 is 17.5 Å². The maximum atomic E-state index is 12.7. The lowest BCUT2D eigenvalue weighted by atomic mass is 9.87.